The van der Waals surface area contributed by atoms with Crippen LogP contribution in [0.25, 0.3) is 10.8 Å². The van der Waals surface area contributed by atoms with Gasteiger partial charge in [-0.2, -0.15) is 5.10 Å². The fourth-order valence-electron chi connectivity index (χ4n) is 2.14. The summed E-state index contributed by atoms with van der Waals surface area (Å²) in [4.78, 5) is 2.18. The van der Waals surface area contributed by atoms with Gasteiger partial charge in [0.05, 0.1) is 5.69 Å². The molecule has 82 valence electrons. The highest BCUT2D eigenvalue weighted by atomic mass is 15.3. The normalized spacial score (nSPS) is 16.5. The SMILES string of the molecule is Cc1nnc(N2CC(N)C2)c2ccccc12. The first kappa shape index (κ1) is 9.54. The number of aromatic nitrogens is 2. The third kappa shape index (κ3) is 1.34. The number of benzene rings is 1. The Morgan fingerprint density at radius 2 is 1.88 bits per heavy atom. The summed E-state index contributed by atoms with van der Waals surface area (Å²) in [7, 11) is 0. The Morgan fingerprint density at radius 1 is 1.19 bits per heavy atom. The molecule has 1 aromatic carbocycles. The van der Waals surface area contributed by atoms with Gasteiger partial charge in [0, 0.05) is 29.9 Å². The molecule has 1 saturated heterocycles. The van der Waals surface area contributed by atoms with E-state index in [4.69, 9.17) is 5.73 Å². The van der Waals surface area contributed by atoms with Gasteiger partial charge in [0.1, 0.15) is 0 Å². The summed E-state index contributed by atoms with van der Waals surface area (Å²) < 4.78 is 0. The lowest BCUT2D eigenvalue weighted by Gasteiger charge is -2.38. The standard InChI is InChI=1S/C12H14N4/c1-8-10-4-2-3-5-11(10)12(15-14-8)16-6-9(13)7-16/h2-5,9H,6-7,13H2,1H3. The highest BCUT2D eigenvalue weighted by Gasteiger charge is 2.26. The van der Waals surface area contributed by atoms with E-state index in [2.05, 4.69) is 27.2 Å². The van der Waals surface area contributed by atoms with Crippen LogP contribution in [0, 0.1) is 6.92 Å². The molecule has 1 fully saturated rings. The van der Waals surface area contributed by atoms with Gasteiger partial charge in [-0.1, -0.05) is 24.3 Å². The minimum atomic E-state index is 0.280. The summed E-state index contributed by atoms with van der Waals surface area (Å²) in [6, 6.07) is 8.52. The van der Waals surface area contributed by atoms with Crippen molar-refractivity contribution < 1.29 is 0 Å². The summed E-state index contributed by atoms with van der Waals surface area (Å²) in [5.74, 6) is 0.961. The molecule has 1 aromatic heterocycles. The van der Waals surface area contributed by atoms with Gasteiger partial charge >= 0.3 is 0 Å². The van der Waals surface area contributed by atoms with Gasteiger partial charge in [0.15, 0.2) is 5.82 Å². The minimum Gasteiger partial charge on any atom is -0.351 e. The molecule has 4 nitrogen and oxygen atoms in total. The van der Waals surface area contributed by atoms with E-state index in [1.165, 1.54) is 10.8 Å². The van der Waals surface area contributed by atoms with Crippen molar-refractivity contribution in [3.8, 4) is 0 Å². The smallest absolute Gasteiger partial charge is 0.159 e. The molecule has 3 rings (SSSR count). The number of aryl methyl sites for hydroxylation is 1. The first-order valence-electron chi connectivity index (χ1n) is 5.48. The molecule has 1 aliphatic heterocycles. The van der Waals surface area contributed by atoms with Crippen molar-refractivity contribution in [1.29, 1.82) is 0 Å². The molecule has 0 radical (unpaired) electrons. The molecule has 16 heavy (non-hydrogen) atoms. The number of fused-ring (bicyclic) bond motifs is 1. The van der Waals surface area contributed by atoms with Crippen molar-refractivity contribution in [2.75, 3.05) is 18.0 Å². The van der Waals surface area contributed by atoms with Crippen LogP contribution in [0.5, 0.6) is 0 Å². The number of hydrogen-bond donors (Lipinski definition) is 1. The van der Waals surface area contributed by atoms with Crippen molar-refractivity contribution >= 4 is 16.6 Å². The van der Waals surface area contributed by atoms with Gasteiger partial charge in [0.2, 0.25) is 0 Å². The molecule has 0 unspecified atom stereocenters. The number of anilines is 1. The maximum atomic E-state index is 5.79. The zero-order valence-corrected chi connectivity index (χ0v) is 9.22. The summed E-state index contributed by atoms with van der Waals surface area (Å²) in [6.45, 7) is 3.74. The molecule has 2 aromatic rings. The lowest BCUT2D eigenvalue weighted by atomic mass is 10.1. The monoisotopic (exact) mass is 214 g/mol. The Morgan fingerprint density at radius 3 is 2.56 bits per heavy atom. The molecule has 0 amide bonds. The molecule has 0 bridgehead atoms. The molecule has 0 atom stereocenters. The van der Waals surface area contributed by atoms with E-state index in [9.17, 15) is 0 Å². The van der Waals surface area contributed by atoms with Gasteiger partial charge in [0.25, 0.3) is 0 Å². The van der Waals surface area contributed by atoms with E-state index in [-0.39, 0.29) is 6.04 Å². The Kier molecular flexibility index (Phi) is 2.04. The number of hydrogen-bond acceptors (Lipinski definition) is 4. The van der Waals surface area contributed by atoms with Crippen LogP contribution in [0.3, 0.4) is 0 Å². The molecule has 0 saturated carbocycles. The molecular formula is C12H14N4. The van der Waals surface area contributed by atoms with Crippen molar-refractivity contribution in [1.82, 2.24) is 10.2 Å². The second kappa shape index (κ2) is 3.42. The van der Waals surface area contributed by atoms with Gasteiger partial charge in [-0.05, 0) is 6.92 Å². The van der Waals surface area contributed by atoms with Crippen LogP contribution in [0.1, 0.15) is 5.69 Å². The summed E-state index contributed by atoms with van der Waals surface area (Å²) in [5, 5.41) is 10.8. The van der Waals surface area contributed by atoms with Gasteiger partial charge in [-0.25, -0.2) is 0 Å². The molecule has 2 heterocycles. The zero-order chi connectivity index (χ0) is 11.1. The highest BCUT2D eigenvalue weighted by molar-refractivity contribution is 5.93. The van der Waals surface area contributed by atoms with Crippen LogP contribution in [0.15, 0.2) is 24.3 Å². The summed E-state index contributed by atoms with van der Waals surface area (Å²) in [5.41, 5.74) is 6.77. The highest BCUT2D eigenvalue weighted by Crippen LogP contribution is 2.27. The molecule has 4 heteroatoms. The van der Waals surface area contributed by atoms with Crippen LogP contribution in [-0.2, 0) is 0 Å². The van der Waals surface area contributed by atoms with E-state index < -0.39 is 0 Å². The maximum absolute atomic E-state index is 5.79. The van der Waals surface area contributed by atoms with Crippen LogP contribution in [0.4, 0.5) is 5.82 Å². The number of rotatable bonds is 1. The Bertz CT molecular complexity index is 532. The largest absolute Gasteiger partial charge is 0.351 e. The van der Waals surface area contributed by atoms with Crippen molar-refractivity contribution in [2.24, 2.45) is 5.73 Å². The first-order chi connectivity index (χ1) is 7.75. The Hall–Kier alpha value is -1.68. The summed E-state index contributed by atoms with van der Waals surface area (Å²) in [6.07, 6.45) is 0. The molecular weight excluding hydrogens is 200 g/mol. The van der Waals surface area contributed by atoms with E-state index in [1.807, 2.05) is 19.1 Å². The van der Waals surface area contributed by atoms with Crippen LogP contribution < -0.4 is 10.6 Å². The Balaban J connectivity index is 2.15. The molecule has 0 spiro atoms. The van der Waals surface area contributed by atoms with E-state index >= 15 is 0 Å². The third-order valence-electron chi connectivity index (χ3n) is 3.06. The zero-order valence-electron chi connectivity index (χ0n) is 9.22. The molecule has 1 aliphatic rings. The second-order valence-corrected chi connectivity index (χ2v) is 4.32. The predicted octanol–water partition coefficient (Wildman–Crippen LogP) is 1.09. The second-order valence-electron chi connectivity index (χ2n) is 4.32. The van der Waals surface area contributed by atoms with Crippen LogP contribution in [-0.4, -0.2) is 29.3 Å². The quantitative estimate of drug-likeness (QED) is 0.772. The van der Waals surface area contributed by atoms with Crippen LogP contribution >= 0.6 is 0 Å². The molecule has 2 N–H and O–H groups in total. The lowest BCUT2D eigenvalue weighted by molar-refractivity contribution is 0.514. The average Bonchev–Trinajstić information content (AvgIpc) is 2.27. The van der Waals surface area contributed by atoms with Gasteiger partial charge < -0.3 is 10.6 Å². The first-order valence-corrected chi connectivity index (χ1v) is 5.48. The fourth-order valence-corrected chi connectivity index (χ4v) is 2.14. The minimum absolute atomic E-state index is 0.280. The number of nitrogens with zero attached hydrogens (tertiary/aromatic N) is 3. The topological polar surface area (TPSA) is 55.0 Å². The third-order valence-corrected chi connectivity index (χ3v) is 3.06. The van der Waals surface area contributed by atoms with Crippen molar-refractivity contribution in [2.45, 2.75) is 13.0 Å². The van der Waals surface area contributed by atoms with E-state index in [1.54, 1.807) is 0 Å². The summed E-state index contributed by atoms with van der Waals surface area (Å²) >= 11 is 0. The van der Waals surface area contributed by atoms with Crippen molar-refractivity contribution in [3.05, 3.63) is 30.0 Å². The fraction of sp³-hybridized carbons (Fsp3) is 0.333. The van der Waals surface area contributed by atoms with Gasteiger partial charge in [-0.15, -0.1) is 5.10 Å². The lowest BCUT2D eigenvalue weighted by Crippen LogP contribution is -2.56. The van der Waals surface area contributed by atoms with Crippen molar-refractivity contribution in [3.63, 3.8) is 0 Å². The average molecular weight is 214 g/mol. The number of nitrogens with two attached hydrogens (primary N) is 1. The maximum Gasteiger partial charge on any atom is 0.159 e. The predicted molar refractivity (Wildman–Crippen MR) is 64.5 cm³/mol. The molecule has 0 aliphatic carbocycles. The van der Waals surface area contributed by atoms with Crippen LogP contribution in [0.2, 0.25) is 0 Å². The van der Waals surface area contributed by atoms with Gasteiger partial charge in [-0.3, -0.25) is 0 Å². The van der Waals surface area contributed by atoms with E-state index in [0.29, 0.717) is 0 Å². The Labute approximate surface area is 94.1 Å². The van der Waals surface area contributed by atoms with E-state index in [0.717, 1.165) is 24.6 Å².